The van der Waals surface area contributed by atoms with Crippen LogP contribution in [0.5, 0.6) is 11.8 Å². The number of hydrogen-bond donors (Lipinski definition) is 6. The number of aromatic carboxylic acids is 3. The number of nitriles is 1. The van der Waals surface area contributed by atoms with E-state index in [-0.39, 0.29) is 121 Å². The van der Waals surface area contributed by atoms with Gasteiger partial charge < -0.3 is 36.6 Å². The Bertz CT molecular complexity index is 3940. The summed E-state index contributed by atoms with van der Waals surface area (Å²) in [5, 5.41) is 86.0. The first kappa shape index (κ1) is 48.2. The Kier molecular flexibility index (Phi) is 12.6. The van der Waals surface area contributed by atoms with Gasteiger partial charge in [-0.1, -0.05) is 60.7 Å². The van der Waals surface area contributed by atoms with Crippen molar-refractivity contribution in [1.82, 2.24) is 54.1 Å². The molecule has 28 nitrogen and oxygen atoms in total. The third kappa shape index (κ3) is 9.12. The molecule has 5 heterocycles. The van der Waals surface area contributed by atoms with Gasteiger partial charge in [0.2, 0.25) is 0 Å². The van der Waals surface area contributed by atoms with Crippen LogP contribution in [0.1, 0.15) is 48.0 Å². The lowest BCUT2D eigenvalue weighted by Crippen LogP contribution is -2.13. The summed E-state index contributed by atoms with van der Waals surface area (Å²) < 4.78 is 9.17. The second kappa shape index (κ2) is 19.5. The lowest BCUT2D eigenvalue weighted by atomic mass is 10.1. The number of nitrogens with two attached hydrogens (primary N) is 2. The van der Waals surface area contributed by atoms with Crippen molar-refractivity contribution in [3.8, 4) is 63.6 Å². The maximum Gasteiger partial charge on any atom is 0.335 e. The maximum absolute atomic E-state index is 12.1. The highest BCUT2D eigenvalue weighted by molar-refractivity contribution is 5.95. The number of aromatic hydroxyl groups is 1. The summed E-state index contributed by atoms with van der Waals surface area (Å²) in [6, 6.07) is 25.2. The molecular formula is C47H31N19O9. The first-order valence-electron chi connectivity index (χ1n) is 21.3. The zero-order chi connectivity index (χ0) is 53.2. The van der Waals surface area contributed by atoms with Crippen molar-refractivity contribution in [2.24, 2.45) is 20.5 Å². The van der Waals surface area contributed by atoms with E-state index in [1.54, 1.807) is 60.7 Å². The number of benzene rings is 4. The molecule has 75 heavy (non-hydrogen) atoms. The van der Waals surface area contributed by atoms with Gasteiger partial charge >= 0.3 is 23.9 Å². The number of nitrogens with zero attached hydrogens (tertiary/aromatic N) is 17. The number of nitrogen functional groups attached to an aromatic ring is 2. The summed E-state index contributed by atoms with van der Waals surface area (Å²) in [5.41, 5.74) is 13.2. The lowest BCUT2D eigenvalue weighted by molar-refractivity contribution is -0.120. The largest absolute Gasteiger partial charge is 0.479 e. The number of carbonyl (C=O) groups is 4. The van der Waals surface area contributed by atoms with Gasteiger partial charge in [-0.2, -0.15) is 50.0 Å². The highest BCUT2D eigenvalue weighted by Crippen LogP contribution is 2.42. The van der Waals surface area contributed by atoms with E-state index in [0.29, 0.717) is 11.1 Å². The fraction of sp³-hybridized carbons (Fsp3) is 0.0426. The fourth-order valence-electron chi connectivity index (χ4n) is 7.43. The normalized spacial score (nSPS) is 11.2. The maximum atomic E-state index is 12.1. The molecule has 0 fully saturated rings. The van der Waals surface area contributed by atoms with Crippen LogP contribution >= 0.6 is 0 Å². The lowest BCUT2D eigenvalue weighted by Gasteiger charge is -2.08. The Morgan fingerprint density at radius 2 is 1.12 bits per heavy atom. The van der Waals surface area contributed by atoms with E-state index in [9.17, 15) is 44.9 Å². The van der Waals surface area contributed by atoms with Gasteiger partial charge in [-0.15, -0.1) is 20.5 Å². The van der Waals surface area contributed by atoms with Gasteiger partial charge in [-0.3, -0.25) is 4.79 Å². The van der Waals surface area contributed by atoms with Crippen LogP contribution in [0, 0.1) is 31.8 Å². The predicted octanol–water partition coefficient (Wildman–Crippen LogP) is 7.32. The minimum absolute atomic E-state index is 0.0296. The zero-order valence-electron chi connectivity index (χ0n) is 38.4. The van der Waals surface area contributed by atoms with Crippen LogP contribution in [-0.2, 0) is 4.79 Å². The van der Waals surface area contributed by atoms with Crippen molar-refractivity contribution in [2.45, 2.75) is 13.8 Å². The number of hydrogen-bond acceptors (Lipinski definition) is 20. The summed E-state index contributed by atoms with van der Waals surface area (Å²) in [5.74, 6) is -6.01. The van der Waals surface area contributed by atoms with Crippen molar-refractivity contribution < 1.29 is 44.3 Å². The van der Waals surface area contributed by atoms with E-state index >= 15 is 0 Å². The van der Waals surface area contributed by atoms with Crippen LogP contribution in [0.25, 0.3) is 50.6 Å². The summed E-state index contributed by atoms with van der Waals surface area (Å²) in [7, 11) is 0. The molecule has 0 aliphatic rings. The molecule has 0 saturated carbocycles. The molecular weight excluding hydrogens is 975 g/mol. The number of aromatic nitrogens is 11. The average Bonchev–Trinajstić information content (AvgIpc) is 4.14. The smallest absolute Gasteiger partial charge is 0.335 e. The molecule has 0 radical (unpaired) electrons. The molecule has 0 spiro atoms. The summed E-state index contributed by atoms with van der Waals surface area (Å²) in [4.78, 5) is 63.5. The summed E-state index contributed by atoms with van der Waals surface area (Å²) in [6.45, 7) is 11.2. The molecule has 0 bridgehead atoms. The SMILES string of the molecule is [C-]#[N+]c1c(-c2ccccc2)nn(-c2cc(C(=O)O)cc(C(=O)O)c2)c1N=Nc1c(C)nn(-c2nc(O)nc(-n3nc(C)c(N=Nc4c(C#N)c(-c5ccccc5)nn4-c4cc(OC=O)cc(C(=O)O)c4)c3N)n2)c1N. The Balaban J connectivity index is 1.10. The highest BCUT2D eigenvalue weighted by atomic mass is 16.5. The van der Waals surface area contributed by atoms with E-state index in [0.717, 1.165) is 43.0 Å². The molecule has 9 aromatic rings. The summed E-state index contributed by atoms with van der Waals surface area (Å²) >= 11 is 0. The number of aryl methyl sites for hydroxylation is 2. The first-order chi connectivity index (χ1) is 36.1. The molecule has 0 unspecified atom stereocenters. The third-order valence-electron chi connectivity index (χ3n) is 10.8. The molecule has 28 heteroatoms. The molecule has 0 saturated heterocycles. The number of anilines is 2. The summed E-state index contributed by atoms with van der Waals surface area (Å²) in [6.07, 6.45) is 0. The van der Waals surface area contributed by atoms with Crippen molar-refractivity contribution in [2.75, 3.05) is 11.5 Å². The van der Waals surface area contributed by atoms with Gasteiger partial charge in [0.05, 0.1) is 46.0 Å². The molecule has 0 atom stereocenters. The fourth-order valence-corrected chi connectivity index (χ4v) is 7.43. The Morgan fingerprint density at radius 1 is 0.653 bits per heavy atom. The Labute approximate surface area is 418 Å². The van der Waals surface area contributed by atoms with Crippen LogP contribution in [0.2, 0.25) is 0 Å². The van der Waals surface area contributed by atoms with Crippen molar-refractivity contribution in [3.05, 3.63) is 142 Å². The monoisotopic (exact) mass is 1010 g/mol. The van der Waals surface area contributed by atoms with Crippen LogP contribution in [0.15, 0.2) is 118 Å². The Morgan fingerprint density at radius 3 is 1.61 bits per heavy atom. The van der Waals surface area contributed by atoms with Crippen LogP contribution in [0.3, 0.4) is 0 Å². The molecule has 4 aromatic carbocycles. The van der Waals surface area contributed by atoms with E-state index in [4.69, 9.17) is 22.8 Å². The minimum atomic E-state index is -1.43. The number of azo groups is 2. The van der Waals surface area contributed by atoms with Gasteiger partial charge in [-0.25, -0.2) is 28.6 Å². The molecule has 9 rings (SSSR count). The van der Waals surface area contributed by atoms with Crippen LogP contribution in [-0.4, -0.2) is 98.9 Å². The first-order valence-corrected chi connectivity index (χ1v) is 21.3. The van der Waals surface area contributed by atoms with E-state index in [1.165, 1.54) is 26.0 Å². The molecule has 368 valence electrons. The number of carboxylic acids is 3. The molecule has 0 amide bonds. The van der Waals surface area contributed by atoms with E-state index in [1.807, 2.05) is 0 Å². The quantitative estimate of drug-likeness (QED) is 0.0332. The second-order valence-corrected chi connectivity index (χ2v) is 15.6. The van der Waals surface area contributed by atoms with Gasteiger partial charge in [0, 0.05) is 11.6 Å². The standard InChI is InChI=1S/C47H31N19O9/c1-22-33(55-57-40-32(20-48)35(24-10-6-4-7-11-24)61-63(40)30-17-28(44(72)73)18-31(19-30)75-21-67)38(49)65(59-22)45-52-46(54-47(74)53-45)66-39(50)34(23(2)60-66)56-58-41-37(51-3)36(25-12-8-5-9-13-25)62-64(41)29-15-26(42(68)69)14-27(16-29)43(70)71/h4-19,21H,49-50H2,1-2H3,(H,68,69)(H,70,71)(H,72,73)(H,52,53,54,74). The van der Waals surface area contributed by atoms with Crippen LogP contribution in [0.4, 0.5) is 40.3 Å². The van der Waals surface area contributed by atoms with Gasteiger partial charge in [0.15, 0.2) is 34.6 Å². The molecule has 5 aromatic heterocycles. The van der Waals surface area contributed by atoms with Gasteiger partial charge in [-0.05, 0) is 49.7 Å². The average molecular weight is 1010 g/mol. The molecule has 0 aliphatic heterocycles. The third-order valence-corrected chi connectivity index (χ3v) is 10.8. The number of rotatable bonds is 15. The highest BCUT2D eigenvalue weighted by Gasteiger charge is 2.27. The number of carbonyl (C=O) groups excluding carboxylic acids is 1. The number of ether oxygens (including phenoxy) is 1. The van der Waals surface area contributed by atoms with E-state index in [2.05, 4.69) is 66.7 Å². The van der Waals surface area contributed by atoms with Crippen LogP contribution < -0.4 is 16.2 Å². The zero-order valence-corrected chi connectivity index (χ0v) is 38.4. The van der Waals surface area contributed by atoms with Crippen molar-refractivity contribution in [3.63, 3.8) is 0 Å². The molecule has 8 N–H and O–H groups in total. The van der Waals surface area contributed by atoms with E-state index < -0.39 is 23.9 Å². The molecule has 0 aliphatic carbocycles. The van der Waals surface area contributed by atoms with Gasteiger partial charge in [0.25, 0.3) is 24.1 Å². The predicted molar refractivity (Wildman–Crippen MR) is 259 cm³/mol. The second-order valence-electron chi connectivity index (χ2n) is 15.6. The number of carboxylic acid groups (broad SMARTS) is 3. The van der Waals surface area contributed by atoms with Gasteiger partial charge in [0.1, 0.15) is 28.8 Å². The Hall–Kier alpha value is -11.8. The minimum Gasteiger partial charge on any atom is -0.479 e. The van der Waals surface area contributed by atoms with Crippen molar-refractivity contribution in [1.29, 1.82) is 5.26 Å². The van der Waals surface area contributed by atoms with Crippen molar-refractivity contribution >= 4 is 64.7 Å². The topological polar surface area (TPSA) is 398 Å².